The number of anilines is 1. The monoisotopic (exact) mass is 378 g/mol. The largest absolute Gasteiger partial charge is 0.493 e. The Labute approximate surface area is 156 Å². The third-order valence-electron chi connectivity index (χ3n) is 3.37. The number of ether oxygens (including phenoxy) is 3. The zero-order chi connectivity index (χ0) is 19.1. The highest BCUT2D eigenvalue weighted by Crippen LogP contribution is 2.28. The van der Waals surface area contributed by atoms with E-state index in [2.05, 4.69) is 10.3 Å². The average molecular weight is 379 g/mol. The van der Waals surface area contributed by atoms with Gasteiger partial charge >= 0.3 is 5.97 Å². The van der Waals surface area contributed by atoms with Crippen molar-refractivity contribution >= 4 is 29.2 Å². The van der Waals surface area contributed by atoms with Crippen LogP contribution in [0.15, 0.2) is 36.5 Å². The van der Waals surface area contributed by atoms with E-state index in [1.54, 1.807) is 18.2 Å². The number of pyridine rings is 1. The Morgan fingerprint density at radius 3 is 2.69 bits per heavy atom. The molecule has 0 aliphatic heterocycles. The molecule has 1 amide bonds. The third-order valence-corrected chi connectivity index (χ3v) is 3.67. The third kappa shape index (κ3) is 4.86. The van der Waals surface area contributed by atoms with Crippen LogP contribution in [0.1, 0.15) is 24.2 Å². The lowest BCUT2D eigenvalue weighted by Gasteiger charge is -2.15. The minimum absolute atomic E-state index is 0.149. The summed E-state index contributed by atoms with van der Waals surface area (Å²) in [5, 5.41) is 2.71. The van der Waals surface area contributed by atoms with Crippen molar-refractivity contribution in [1.29, 1.82) is 0 Å². The number of aromatic nitrogens is 1. The number of esters is 1. The van der Waals surface area contributed by atoms with Gasteiger partial charge in [-0.25, -0.2) is 9.78 Å². The number of benzene rings is 1. The van der Waals surface area contributed by atoms with E-state index < -0.39 is 18.0 Å². The van der Waals surface area contributed by atoms with Crippen LogP contribution in [0.5, 0.6) is 11.5 Å². The van der Waals surface area contributed by atoms with Gasteiger partial charge in [-0.15, -0.1) is 0 Å². The Bertz CT molecular complexity index is 797. The summed E-state index contributed by atoms with van der Waals surface area (Å²) >= 11 is 5.89. The van der Waals surface area contributed by atoms with E-state index in [4.69, 9.17) is 25.8 Å². The molecule has 8 heteroatoms. The van der Waals surface area contributed by atoms with Gasteiger partial charge in [-0.2, -0.15) is 0 Å². The molecule has 0 radical (unpaired) electrons. The van der Waals surface area contributed by atoms with Gasteiger partial charge in [0.15, 0.2) is 22.8 Å². The summed E-state index contributed by atoms with van der Waals surface area (Å²) in [7, 11) is 1.51. The molecule has 2 aromatic rings. The van der Waals surface area contributed by atoms with Crippen molar-refractivity contribution in [3.05, 3.63) is 47.2 Å². The standard InChI is InChI=1S/C18H19ClN2O5/c1-4-25-15-10-12(7-8-14(15)24-3)18(23)26-11(2)17(22)21-13-6-5-9-20-16(13)19/h5-11H,4H2,1-3H3,(H,21,22)/t11-/m0/s1. The van der Waals surface area contributed by atoms with E-state index in [-0.39, 0.29) is 10.7 Å². The number of amides is 1. The van der Waals surface area contributed by atoms with Crippen molar-refractivity contribution in [1.82, 2.24) is 4.98 Å². The lowest BCUT2D eigenvalue weighted by atomic mass is 10.2. The van der Waals surface area contributed by atoms with Crippen LogP contribution in [-0.2, 0) is 9.53 Å². The first-order valence-corrected chi connectivity index (χ1v) is 8.27. The molecule has 0 saturated heterocycles. The molecule has 26 heavy (non-hydrogen) atoms. The number of nitrogens with one attached hydrogen (secondary N) is 1. The molecular weight excluding hydrogens is 360 g/mol. The second kappa shape index (κ2) is 9.05. The second-order valence-electron chi connectivity index (χ2n) is 5.18. The molecule has 0 unspecified atom stereocenters. The summed E-state index contributed by atoms with van der Waals surface area (Å²) in [6.07, 6.45) is 0.470. The molecule has 0 spiro atoms. The van der Waals surface area contributed by atoms with E-state index in [9.17, 15) is 9.59 Å². The lowest BCUT2D eigenvalue weighted by Crippen LogP contribution is -2.30. The molecule has 0 aliphatic rings. The lowest BCUT2D eigenvalue weighted by molar-refractivity contribution is -0.123. The fraction of sp³-hybridized carbons (Fsp3) is 0.278. The number of carbonyl (C=O) groups is 2. The molecule has 1 aromatic heterocycles. The number of nitrogens with zero attached hydrogens (tertiary/aromatic N) is 1. The number of hydrogen-bond donors (Lipinski definition) is 1. The maximum Gasteiger partial charge on any atom is 0.339 e. The SMILES string of the molecule is CCOc1cc(C(=O)O[C@@H](C)C(=O)Nc2cccnc2Cl)ccc1OC. The quantitative estimate of drug-likeness (QED) is 0.587. The zero-order valence-corrected chi connectivity index (χ0v) is 15.4. The van der Waals surface area contributed by atoms with Gasteiger partial charge in [0, 0.05) is 6.20 Å². The fourth-order valence-corrected chi connectivity index (χ4v) is 2.23. The molecule has 1 aromatic carbocycles. The van der Waals surface area contributed by atoms with Crippen molar-refractivity contribution in [2.75, 3.05) is 19.0 Å². The Morgan fingerprint density at radius 2 is 2.04 bits per heavy atom. The van der Waals surface area contributed by atoms with Crippen LogP contribution in [0, 0.1) is 0 Å². The van der Waals surface area contributed by atoms with Crippen molar-refractivity contribution < 1.29 is 23.8 Å². The van der Waals surface area contributed by atoms with Crippen LogP contribution >= 0.6 is 11.6 Å². The summed E-state index contributed by atoms with van der Waals surface area (Å²) in [6.45, 7) is 3.70. The van der Waals surface area contributed by atoms with Crippen molar-refractivity contribution in [3.63, 3.8) is 0 Å². The molecule has 7 nitrogen and oxygen atoms in total. The van der Waals surface area contributed by atoms with Crippen LogP contribution < -0.4 is 14.8 Å². The van der Waals surface area contributed by atoms with Crippen LogP contribution in [-0.4, -0.2) is 36.7 Å². The second-order valence-corrected chi connectivity index (χ2v) is 5.54. The van der Waals surface area contributed by atoms with Crippen LogP contribution in [0.3, 0.4) is 0 Å². The molecule has 1 N–H and O–H groups in total. The minimum Gasteiger partial charge on any atom is -0.493 e. The van der Waals surface area contributed by atoms with Crippen molar-refractivity contribution in [3.8, 4) is 11.5 Å². The van der Waals surface area contributed by atoms with E-state index in [0.29, 0.717) is 23.8 Å². The maximum atomic E-state index is 12.3. The zero-order valence-electron chi connectivity index (χ0n) is 14.6. The Morgan fingerprint density at radius 1 is 1.27 bits per heavy atom. The summed E-state index contributed by atoms with van der Waals surface area (Å²) in [6, 6.07) is 7.87. The maximum absolute atomic E-state index is 12.3. The Balaban J connectivity index is 2.05. The van der Waals surface area contributed by atoms with Gasteiger partial charge in [0.25, 0.3) is 5.91 Å². The molecule has 1 atom stereocenters. The van der Waals surface area contributed by atoms with Crippen molar-refractivity contribution in [2.45, 2.75) is 20.0 Å². The van der Waals surface area contributed by atoms with Gasteiger partial charge in [-0.1, -0.05) is 11.6 Å². The van der Waals surface area contributed by atoms with Gasteiger partial charge in [0.05, 0.1) is 25.0 Å². The smallest absolute Gasteiger partial charge is 0.339 e. The molecule has 1 heterocycles. The van der Waals surface area contributed by atoms with Crippen LogP contribution in [0.4, 0.5) is 5.69 Å². The fourth-order valence-electron chi connectivity index (χ4n) is 2.07. The first kappa shape index (κ1) is 19.5. The highest BCUT2D eigenvalue weighted by Gasteiger charge is 2.21. The summed E-state index contributed by atoms with van der Waals surface area (Å²) in [5.74, 6) is -0.260. The molecule has 0 aliphatic carbocycles. The average Bonchev–Trinajstić information content (AvgIpc) is 2.63. The molecule has 138 valence electrons. The number of hydrogen-bond acceptors (Lipinski definition) is 6. The van der Waals surface area contributed by atoms with Crippen molar-refractivity contribution in [2.24, 2.45) is 0 Å². The topological polar surface area (TPSA) is 86.8 Å². The van der Waals surface area contributed by atoms with E-state index >= 15 is 0 Å². The number of methoxy groups -OCH3 is 1. The van der Waals surface area contributed by atoms with Gasteiger partial charge < -0.3 is 19.5 Å². The number of halogens is 1. The highest BCUT2D eigenvalue weighted by molar-refractivity contribution is 6.32. The Hall–Kier alpha value is -2.80. The van der Waals surface area contributed by atoms with E-state index in [1.807, 2.05) is 6.92 Å². The van der Waals surface area contributed by atoms with Gasteiger partial charge in [0.2, 0.25) is 0 Å². The van der Waals surface area contributed by atoms with E-state index in [0.717, 1.165) is 0 Å². The summed E-state index contributed by atoms with van der Waals surface area (Å²) in [4.78, 5) is 28.3. The predicted octanol–water partition coefficient (Wildman–Crippen LogP) is 3.33. The minimum atomic E-state index is -1.03. The van der Waals surface area contributed by atoms with E-state index in [1.165, 1.54) is 32.4 Å². The first-order valence-electron chi connectivity index (χ1n) is 7.89. The normalized spacial score (nSPS) is 11.4. The number of carbonyl (C=O) groups excluding carboxylic acids is 2. The van der Waals surface area contributed by atoms with Crippen LogP contribution in [0.25, 0.3) is 0 Å². The predicted molar refractivity (Wildman–Crippen MR) is 96.9 cm³/mol. The molecule has 0 saturated carbocycles. The summed E-state index contributed by atoms with van der Waals surface area (Å²) in [5.41, 5.74) is 0.582. The van der Waals surface area contributed by atoms with Gasteiger partial charge in [-0.3, -0.25) is 4.79 Å². The van der Waals surface area contributed by atoms with Gasteiger partial charge in [-0.05, 0) is 44.2 Å². The highest BCUT2D eigenvalue weighted by atomic mass is 35.5. The van der Waals surface area contributed by atoms with Crippen LogP contribution in [0.2, 0.25) is 5.15 Å². The first-order chi connectivity index (χ1) is 12.5. The molecule has 0 fully saturated rings. The van der Waals surface area contributed by atoms with Gasteiger partial charge in [0.1, 0.15) is 0 Å². The number of rotatable bonds is 7. The summed E-state index contributed by atoms with van der Waals surface area (Å²) < 4.78 is 15.8. The molecule has 2 rings (SSSR count). The Kier molecular flexibility index (Phi) is 6.80. The molecular formula is C18H19ClN2O5. The molecule has 0 bridgehead atoms.